The zero-order valence-electron chi connectivity index (χ0n) is 8.29. The van der Waals surface area contributed by atoms with Gasteiger partial charge >= 0.3 is 6.18 Å². The zero-order valence-corrected chi connectivity index (χ0v) is 8.29. The number of nitrogens with zero attached hydrogens (tertiary/aromatic N) is 1. The first-order valence-corrected chi connectivity index (χ1v) is 4.83. The van der Waals surface area contributed by atoms with Gasteiger partial charge in [0, 0.05) is 19.0 Å². The van der Waals surface area contributed by atoms with Crippen LogP contribution < -0.4 is 0 Å². The topological polar surface area (TPSA) is 29.5 Å². The van der Waals surface area contributed by atoms with Crippen LogP contribution in [0.4, 0.5) is 13.2 Å². The number of alkyl halides is 3. The van der Waals surface area contributed by atoms with E-state index in [4.69, 9.17) is 0 Å². The second-order valence-corrected chi connectivity index (χ2v) is 3.71. The number of piperidine rings is 1. The highest BCUT2D eigenvalue weighted by Crippen LogP contribution is 2.17. The first-order chi connectivity index (χ1) is 7.01. The van der Waals surface area contributed by atoms with Gasteiger partial charge in [0.2, 0.25) is 0 Å². The minimum Gasteiger partial charge on any atom is -0.357 e. The molecule has 0 amide bonds. The number of hydrogen-bond acceptors (Lipinski definition) is 3. The van der Waals surface area contributed by atoms with Crippen LogP contribution in [0, 0.1) is 5.92 Å². The number of likely N-dealkylation sites (tertiary alicyclic amines) is 1. The fourth-order valence-corrected chi connectivity index (χ4v) is 1.61. The summed E-state index contributed by atoms with van der Waals surface area (Å²) in [4.78, 5) is 12.2. The lowest BCUT2D eigenvalue weighted by Crippen LogP contribution is -2.38. The lowest BCUT2D eigenvalue weighted by Gasteiger charge is -2.29. The lowest BCUT2D eigenvalue weighted by molar-refractivity contribution is -0.184. The largest absolute Gasteiger partial charge is 0.411 e. The van der Waals surface area contributed by atoms with Gasteiger partial charge in [-0.1, -0.05) is 0 Å². The third-order valence-corrected chi connectivity index (χ3v) is 2.27. The smallest absolute Gasteiger partial charge is 0.357 e. The van der Waals surface area contributed by atoms with E-state index in [0.717, 1.165) is 19.1 Å². The molecule has 15 heavy (non-hydrogen) atoms. The van der Waals surface area contributed by atoms with Crippen LogP contribution in [0.2, 0.25) is 0 Å². The molecule has 0 radical (unpaired) electrons. The molecule has 3 nitrogen and oxygen atoms in total. The van der Waals surface area contributed by atoms with Gasteiger partial charge in [-0.05, 0) is 12.8 Å². The van der Waals surface area contributed by atoms with E-state index in [2.05, 4.69) is 4.74 Å². The van der Waals surface area contributed by atoms with Crippen molar-refractivity contribution in [3.05, 3.63) is 0 Å². The second-order valence-electron chi connectivity index (χ2n) is 3.71. The minimum atomic E-state index is -4.28. The fourth-order valence-electron chi connectivity index (χ4n) is 1.61. The van der Waals surface area contributed by atoms with Gasteiger partial charge < -0.3 is 9.53 Å². The highest BCUT2D eigenvalue weighted by molar-refractivity contribution is 5.53. The summed E-state index contributed by atoms with van der Waals surface area (Å²) in [6.45, 7) is -0.0807. The highest BCUT2D eigenvalue weighted by Gasteiger charge is 2.28. The van der Waals surface area contributed by atoms with Crippen molar-refractivity contribution in [3.8, 4) is 0 Å². The molecule has 1 atom stereocenters. The number of rotatable bonds is 4. The van der Waals surface area contributed by atoms with Crippen molar-refractivity contribution >= 4 is 6.29 Å². The maximum Gasteiger partial charge on any atom is 0.411 e. The maximum absolute atomic E-state index is 11.8. The Hall–Kier alpha value is -0.620. The van der Waals surface area contributed by atoms with Gasteiger partial charge in [-0.15, -0.1) is 0 Å². The van der Waals surface area contributed by atoms with Crippen LogP contribution in [-0.4, -0.2) is 43.8 Å². The molecule has 1 unspecified atom stereocenters. The molecule has 1 heterocycles. The van der Waals surface area contributed by atoms with E-state index in [9.17, 15) is 18.0 Å². The summed E-state index contributed by atoms with van der Waals surface area (Å²) in [7, 11) is 0. The second kappa shape index (κ2) is 5.46. The molecule has 1 saturated heterocycles. The monoisotopic (exact) mass is 225 g/mol. The van der Waals surface area contributed by atoms with Gasteiger partial charge in [0.15, 0.2) is 0 Å². The lowest BCUT2D eigenvalue weighted by atomic mass is 10.0. The van der Waals surface area contributed by atoms with E-state index in [0.29, 0.717) is 13.1 Å². The first-order valence-electron chi connectivity index (χ1n) is 4.83. The number of halogens is 3. The van der Waals surface area contributed by atoms with E-state index in [1.54, 1.807) is 4.90 Å². The van der Waals surface area contributed by atoms with Gasteiger partial charge in [-0.25, -0.2) is 0 Å². The van der Waals surface area contributed by atoms with Gasteiger partial charge in [-0.2, -0.15) is 13.2 Å². The van der Waals surface area contributed by atoms with Gasteiger partial charge in [0.25, 0.3) is 0 Å². The van der Waals surface area contributed by atoms with Crippen molar-refractivity contribution in [1.29, 1.82) is 0 Å². The molecule has 0 aliphatic carbocycles. The van der Waals surface area contributed by atoms with Crippen LogP contribution in [0.15, 0.2) is 0 Å². The van der Waals surface area contributed by atoms with Gasteiger partial charge in [-0.3, -0.25) is 4.90 Å². The summed E-state index contributed by atoms with van der Waals surface area (Å²) in [5, 5.41) is 0. The van der Waals surface area contributed by atoms with Crippen molar-refractivity contribution < 1.29 is 22.7 Å². The van der Waals surface area contributed by atoms with Crippen molar-refractivity contribution in [2.75, 3.05) is 26.4 Å². The van der Waals surface area contributed by atoms with Crippen molar-refractivity contribution in [3.63, 3.8) is 0 Å². The Labute approximate surface area is 86.2 Å². The molecule has 0 N–H and O–H groups in total. The molecule has 1 rings (SSSR count). The molecule has 0 aromatic carbocycles. The van der Waals surface area contributed by atoms with Crippen molar-refractivity contribution in [2.24, 2.45) is 5.92 Å². The number of carbonyl (C=O) groups excluding carboxylic acids is 1. The number of ether oxygens (including phenoxy) is 1. The Balaban J connectivity index is 2.18. The molecule has 0 aromatic heterocycles. The third-order valence-electron chi connectivity index (χ3n) is 2.27. The summed E-state index contributed by atoms with van der Waals surface area (Å²) >= 11 is 0. The van der Waals surface area contributed by atoms with E-state index in [-0.39, 0.29) is 12.6 Å². The standard InChI is InChI=1S/C9H14F3NO2/c10-9(11,12)6-15-7-13-3-1-2-8(4-13)5-14/h5,8H,1-4,6-7H2. The van der Waals surface area contributed by atoms with E-state index < -0.39 is 12.8 Å². The first kappa shape index (κ1) is 12.4. The third kappa shape index (κ3) is 5.13. The fraction of sp³-hybridized carbons (Fsp3) is 0.889. The summed E-state index contributed by atoms with van der Waals surface area (Å²) in [5.74, 6) is -0.0618. The van der Waals surface area contributed by atoms with E-state index >= 15 is 0 Å². The zero-order chi connectivity index (χ0) is 11.3. The minimum absolute atomic E-state index is 0.0517. The molecule has 1 aliphatic rings. The quantitative estimate of drug-likeness (QED) is 0.678. The predicted molar refractivity (Wildman–Crippen MR) is 47.2 cm³/mol. The van der Waals surface area contributed by atoms with E-state index in [1.807, 2.05) is 0 Å². The molecule has 1 aliphatic heterocycles. The molecular weight excluding hydrogens is 211 g/mol. The SMILES string of the molecule is O=CC1CCCN(COCC(F)(F)F)C1. The van der Waals surface area contributed by atoms with E-state index in [1.165, 1.54) is 0 Å². The Morgan fingerprint density at radius 2 is 2.20 bits per heavy atom. The Bertz CT molecular complexity index is 208. The molecule has 0 spiro atoms. The number of hydrogen-bond donors (Lipinski definition) is 0. The molecule has 1 fully saturated rings. The van der Waals surface area contributed by atoms with Crippen molar-refractivity contribution in [1.82, 2.24) is 4.90 Å². The normalized spacial score (nSPS) is 24.1. The molecule has 0 aromatic rings. The molecule has 88 valence electrons. The number of aldehydes is 1. The number of carbonyl (C=O) groups is 1. The van der Waals surface area contributed by atoms with Crippen LogP contribution >= 0.6 is 0 Å². The molecule has 0 bridgehead atoms. The molecular formula is C9H14F3NO2. The summed E-state index contributed by atoms with van der Waals surface area (Å²) < 4.78 is 39.8. The summed E-state index contributed by atoms with van der Waals surface area (Å²) in [6, 6.07) is 0. The highest BCUT2D eigenvalue weighted by atomic mass is 19.4. The maximum atomic E-state index is 11.8. The van der Waals surface area contributed by atoms with Crippen LogP contribution in [0.3, 0.4) is 0 Å². The van der Waals surface area contributed by atoms with Crippen LogP contribution in [0.1, 0.15) is 12.8 Å². The van der Waals surface area contributed by atoms with Crippen LogP contribution in [0.25, 0.3) is 0 Å². The Kier molecular flexibility index (Phi) is 4.53. The van der Waals surface area contributed by atoms with Crippen LogP contribution in [-0.2, 0) is 9.53 Å². The summed E-state index contributed by atoms with van der Waals surface area (Å²) in [6.07, 6.45) is -1.77. The summed E-state index contributed by atoms with van der Waals surface area (Å²) in [5.41, 5.74) is 0. The predicted octanol–water partition coefficient (Wildman–Crippen LogP) is 1.43. The van der Waals surface area contributed by atoms with Crippen molar-refractivity contribution in [2.45, 2.75) is 19.0 Å². The average Bonchev–Trinajstić information content (AvgIpc) is 2.16. The molecule has 0 saturated carbocycles. The average molecular weight is 225 g/mol. The van der Waals surface area contributed by atoms with Gasteiger partial charge in [0.05, 0.1) is 6.73 Å². The Morgan fingerprint density at radius 1 is 1.47 bits per heavy atom. The van der Waals surface area contributed by atoms with Crippen LogP contribution in [0.5, 0.6) is 0 Å². The molecule has 6 heteroatoms. The Morgan fingerprint density at radius 3 is 2.80 bits per heavy atom. The van der Waals surface area contributed by atoms with Gasteiger partial charge in [0.1, 0.15) is 12.9 Å².